The summed E-state index contributed by atoms with van der Waals surface area (Å²) >= 11 is 0. The van der Waals surface area contributed by atoms with Crippen molar-refractivity contribution in [3.8, 4) is 5.88 Å². The van der Waals surface area contributed by atoms with E-state index in [1.807, 2.05) is 13.8 Å². The van der Waals surface area contributed by atoms with Crippen LogP contribution in [-0.4, -0.2) is 26.6 Å². The van der Waals surface area contributed by atoms with Gasteiger partial charge >= 0.3 is 6.03 Å². The van der Waals surface area contributed by atoms with Crippen molar-refractivity contribution in [3.63, 3.8) is 0 Å². The summed E-state index contributed by atoms with van der Waals surface area (Å²) in [7, 11) is -3.57. The lowest BCUT2D eigenvalue weighted by Crippen LogP contribution is -2.33. The van der Waals surface area contributed by atoms with Crippen LogP contribution in [0.3, 0.4) is 0 Å². The van der Waals surface area contributed by atoms with E-state index < -0.39 is 15.9 Å². The smallest absolute Gasteiger partial charge is 0.354 e. The van der Waals surface area contributed by atoms with Crippen molar-refractivity contribution in [1.82, 2.24) is 9.78 Å². The van der Waals surface area contributed by atoms with E-state index >= 15 is 0 Å². The van der Waals surface area contributed by atoms with Crippen LogP contribution in [0.4, 0.5) is 14.9 Å². The van der Waals surface area contributed by atoms with Gasteiger partial charge in [0.15, 0.2) is 9.92 Å². The number of hydrogen-bond acceptors (Lipinski definition) is 4. The number of hydrogen-bond donors (Lipinski definition) is 2. The lowest BCUT2D eigenvalue weighted by Gasteiger charge is -2.30. The molecule has 1 aliphatic heterocycles. The molecule has 2 heterocycles. The molecule has 2 amide bonds. The highest BCUT2D eigenvalue weighted by molar-refractivity contribution is 7.91. The predicted octanol–water partition coefficient (Wildman–Crippen LogP) is 3.35. The number of carbonyl (C=O) groups excluding carboxylic acids is 1. The van der Waals surface area contributed by atoms with E-state index in [-0.39, 0.29) is 22.0 Å². The number of nitrogens with two attached hydrogens (primary N) is 1. The molecule has 2 aliphatic carbocycles. The zero-order valence-corrected chi connectivity index (χ0v) is 18.5. The second-order valence-corrected chi connectivity index (χ2v) is 11.1. The molecule has 3 N–H and O–H groups in total. The molecule has 0 radical (unpaired) electrons. The number of ether oxygens (including phenoxy) is 1. The summed E-state index contributed by atoms with van der Waals surface area (Å²) in [4.78, 5) is 12.9. The highest BCUT2D eigenvalue weighted by Gasteiger charge is 2.33. The van der Waals surface area contributed by atoms with Crippen LogP contribution in [0.15, 0.2) is 15.5 Å². The van der Waals surface area contributed by atoms with Gasteiger partial charge < -0.3 is 10.1 Å². The minimum Gasteiger partial charge on any atom is -0.476 e. The fourth-order valence-corrected chi connectivity index (χ4v) is 5.87. The molecular weight excluding hydrogens is 421 g/mol. The van der Waals surface area contributed by atoms with E-state index in [1.165, 1.54) is 6.20 Å². The number of rotatable bonds is 2. The quantitative estimate of drug-likeness (QED) is 0.735. The average Bonchev–Trinajstić information content (AvgIpc) is 3.42. The number of nitrogens with zero attached hydrogens (tertiary/aromatic N) is 3. The second kappa shape index (κ2) is 7.03. The van der Waals surface area contributed by atoms with Crippen molar-refractivity contribution in [3.05, 3.63) is 34.3 Å². The molecule has 10 heteroatoms. The molecule has 1 aromatic heterocycles. The molecule has 8 nitrogen and oxygen atoms in total. The summed E-state index contributed by atoms with van der Waals surface area (Å²) in [5, 5.41) is 13.0. The third kappa shape index (κ3) is 3.41. The first kappa shape index (κ1) is 20.4. The van der Waals surface area contributed by atoms with E-state index in [0.29, 0.717) is 55.6 Å². The Labute approximate surface area is 180 Å². The van der Waals surface area contributed by atoms with Gasteiger partial charge in [-0.1, -0.05) is 13.8 Å². The normalized spacial score (nSPS) is 20.3. The van der Waals surface area contributed by atoms with Crippen LogP contribution in [0.2, 0.25) is 0 Å². The summed E-state index contributed by atoms with van der Waals surface area (Å²) in [5.74, 6) is 0.163. The third-order valence-corrected chi connectivity index (χ3v) is 7.62. The summed E-state index contributed by atoms with van der Waals surface area (Å²) in [6.45, 7) is 5.07. The summed E-state index contributed by atoms with van der Waals surface area (Å²) in [6, 6.07) is -0.807. The number of halogens is 1. The van der Waals surface area contributed by atoms with Crippen LogP contribution in [-0.2, 0) is 42.1 Å². The van der Waals surface area contributed by atoms with Crippen molar-refractivity contribution in [2.45, 2.75) is 63.8 Å². The van der Waals surface area contributed by atoms with E-state index in [4.69, 9.17) is 9.88 Å². The van der Waals surface area contributed by atoms with Gasteiger partial charge in [0.05, 0.1) is 19.3 Å². The number of aromatic nitrogens is 2. The number of urea groups is 1. The van der Waals surface area contributed by atoms with E-state index in [9.17, 15) is 13.4 Å². The molecule has 31 heavy (non-hydrogen) atoms. The summed E-state index contributed by atoms with van der Waals surface area (Å²) in [6.07, 6.45) is 5.78. The van der Waals surface area contributed by atoms with Crippen LogP contribution < -0.4 is 15.2 Å². The summed E-state index contributed by atoms with van der Waals surface area (Å²) in [5.41, 5.74) is 3.54. The standard InChI is InChI=1S/C21H26FN5O3S/c1-21(2)10-27-19(30-11-21)16(9-24-27)31(23,29)26-20(28)25-18-14-7-3-5-12(14)17(22)13-6-4-8-15(13)18/h9H,3-8,10-11H2,1-2H3,(H3,23,25,26,28,29)/t31-/m0/s1. The molecule has 1 aromatic carbocycles. The van der Waals surface area contributed by atoms with Crippen molar-refractivity contribution in [2.24, 2.45) is 14.9 Å². The fourth-order valence-electron chi connectivity index (χ4n) is 4.87. The molecule has 0 fully saturated rings. The Kier molecular flexibility index (Phi) is 4.63. The van der Waals surface area contributed by atoms with Crippen LogP contribution in [0, 0.1) is 11.2 Å². The number of anilines is 1. The van der Waals surface area contributed by atoms with Crippen molar-refractivity contribution < 1.29 is 18.1 Å². The minimum absolute atomic E-state index is 0.104. The van der Waals surface area contributed by atoms with Crippen LogP contribution in [0.5, 0.6) is 5.88 Å². The number of benzene rings is 1. The molecule has 5 rings (SSSR count). The number of amides is 2. The Morgan fingerprint density at radius 2 is 1.84 bits per heavy atom. The maximum atomic E-state index is 14.8. The molecule has 166 valence electrons. The van der Waals surface area contributed by atoms with E-state index in [0.717, 1.165) is 24.0 Å². The second-order valence-electron chi connectivity index (χ2n) is 9.32. The Bertz CT molecular complexity index is 1190. The monoisotopic (exact) mass is 447 g/mol. The minimum atomic E-state index is -3.57. The molecule has 0 unspecified atom stereocenters. The highest BCUT2D eigenvalue weighted by Crippen LogP contribution is 2.41. The Hall–Kier alpha value is -2.46. The van der Waals surface area contributed by atoms with Crippen molar-refractivity contribution in [1.29, 1.82) is 0 Å². The fraction of sp³-hybridized carbons (Fsp3) is 0.524. The molecule has 0 bridgehead atoms. The van der Waals surface area contributed by atoms with Gasteiger partial charge in [0.2, 0.25) is 5.88 Å². The predicted molar refractivity (Wildman–Crippen MR) is 114 cm³/mol. The molecule has 0 spiro atoms. The van der Waals surface area contributed by atoms with Gasteiger partial charge in [-0.25, -0.2) is 23.2 Å². The van der Waals surface area contributed by atoms with Gasteiger partial charge in [0.1, 0.15) is 10.7 Å². The first-order valence-electron chi connectivity index (χ1n) is 10.6. The Balaban J connectivity index is 1.48. The molecule has 0 saturated carbocycles. The van der Waals surface area contributed by atoms with Crippen LogP contribution in [0.1, 0.15) is 48.9 Å². The lowest BCUT2D eigenvalue weighted by atomic mass is 9.94. The first-order chi connectivity index (χ1) is 14.7. The van der Waals surface area contributed by atoms with E-state index in [1.54, 1.807) is 4.68 Å². The Morgan fingerprint density at radius 1 is 1.23 bits per heavy atom. The first-order valence-corrected chi connectivity index (χ1v) is 12.1. The molecular formula is C21H26FN5O3S. The van der Waals surface area contributed by atoms with Crippen LogP contribution >= 0.6 is 0 Å². The largest absolute Gasteiger partial charge is 0.476 e. The third-order valence-electron chi connectivity index (χ3n) is 6.27. The SMILES string of the molecule is CC1(C)COc2c([S@@](N)(=O)=NC(=O)Nc3c4c(c(F)c5c3CCC5)CCC4)cnn2C1. The zero-order chi connectivity index (χ0) is 22.0. The van der Waals surface area contributed by atoms with Crippen molar-refractivity contribution >= 4 is 21.6 Å². The van der Waals surface area contributed by atoms with Gasteiger partial charge in [-0.15, -0.1) is 4.36 Å². The molecule has 2 aromatic rings. The molecule has 0 saturated heterocycles. The topological polar surface area (TPSA) is 112 Å². The summed E-state index contributed by atoms with van der Waals surface area (Å²) < 4.78 is 39.1. The zero-order valence-electron chi connectivity index (χ0n) is 17.7. The van der Waals surface area contributed by atoms with Gasteiger partial charge in [-0.05, 0) is 60.8 Å². The van der Waals surface area contributed by atoms with E-state index in [2.05, 4.69) is 14.8 Å². The molecule has 1 atom stereocenters. The highest BCUT2D eigenvalue weighted by atomic mass is 32.2. The number of nitrogens with one attached hydrogen (secondary N) is 1. The average molecular weight is 448 g/mol. The van der Waals surface area contributed by atoms with Gasteiger partial charge in [0, 0.05) is 11.1 Å². The van der Waals surface area contributed by atoms with Gasteiger partial charge in [-0.2, -0.15) is 5.10 Å². The van der Waals surface area contributed by atoms with Gasteiger partial charge in [0.25, 0.3) is 0 Å². The molecule has 3 aliphatic rings. The Morgan fingerprint density at radius 3 is 2.48 bits per heavy atom. The van der Waals surface area contributed by atoms with Crippen molar-refractivity contribution in [2.75, 3.05) is 11.9 Å². The number of fused-ring (bicyclic) bond motifs is 3. The van der Waals surface area contributed by atoms with Crippen LogP contribution in [0.25, 0.3) is 0 Å². The van der Waals surface area contributed by atoms with Gasteiger partial charge in [-0.3, -0.25) is 0 Å². The lowest BCUT2D eigenvalue weighted by molar-refractivity contribution is 0.0972. The maximum absolute atomic E-state index is 14.8. The maximum Gasteiger partial charge on any atom is 0.354 e. The number of carbonyl (C=O) groups is 1.